The molecule has 47 heavy (non-hydrogen) atoms. The summed E-state index contributed by atoms with van der Waals surface area (Å²) in [7, 11) is -0.376. The highest BCUT2D eigenvalue weighted by molar-refractivity contribution is 7.99. The molecule has 0 radical (unpaired) electrons. The van der Waals surface area contributed by atoms with Gasteiger partial charge in [0.2, 0.25) is 0 Å². The standard InChI is InChI=1S/C42H34BNO2S/c1-40(2)41(3,4)46-43(45-40)28-19-21-33-32-13-7-8-14-34(32)42(36(33)24-28)35-15-9-10-16-38(35)47-39-22-18-26(23-37(39)42)30-20-17-27(25-44)29-11-5-6-12-31(29)30/h5-18,20,22-24H,19,21H2,1-4H3. The van der Waals surface area contributed by atoms with Gasteiger partial charge in [-0.15, -0.1) is 0 Å². The lowest BCUT2D eigenvalue weighted by Gasteiger charge is -2.41. The van der Waals surface area contributed by atoms with Crippen LogP contribution >= 0.6 is 11.8 Å². The molecule has 1 atom stereocenters. The van der Waals surface area contributed by atoms with Gasteiger partial charge in [0.05, 0.1) is 28.2 Å². The molecule has 5 heteroatoms. The average molecular weight is 628 g/mol. The molecule has 2 heterocycles. The molecule has 1 fully saturated rings. The van der Waals surface area contributed by atoms with E-state index in [0.29, 0.717) is 5.56 Å². The van der Waals surface area contributed by atoms with Gasteiger partial charge in [-0.05, 0) is 120 Å². The quantitative estimate of drug-likeness (QED) is 0.183. The summed E-state index contributed by atoms with van der Waals surface area (Å²) in [6, 6.07) is 39.7. The zero-order valence-corrected chi connectivity index (χ0v) is 27.9. The predicted molar refractivity (Wildman–Crippen MR) is 191 cm³/mol. The van der Waals surface area contributed by atoms with E-state index < -0.39 is 16.6 Å². The first-order valence-corrected chi connectivity index (χ1v) is 17.3. The summed E-state index contributed by atoms with van der Waals surface area (Å²) in [6.45, 7) is 8.53. The molecule has 0 saturated carbocycles. The number of nitriles is 1. The van der Waals surface area contributed by atoms with Gasteiger partial charge in [0.1, 0.15) is 0 Å². The summed E-state index contributed by atoms with van der Waals surface area (Å²) in [5, 5.41) is 11.9. The molecule has 1 spiro atoms. The van der Waals surface area contributed by atoms with Crippen molar-refractivity contribution in [2.45, 2.75) is 66.9 Å². The summed E-state index contributed by atoms with van der Waals surface area (Å²) >= 11 is 1.86. The Labute approximate surface area is 281 Å². The Kier molecular flexibility index (Phi) is 6.19. The van der Waals surface area contributed by atoms with Gasteiger partial charge in [0, 0.05) is 15.2 Å². The molecule has 5 aromatic carbocycles. The molecule has 3 nitrogen and oxygen atoms in total. The van der Waals surface area contributed by atoms with Crippen molar-refractivity contribution in [3.63, 3.8) is 0 Å². The van der Waals surface area contributed by atoms with Gasteiger partial charge >= 0.3 is 7.12 Å². The van der Waals surface area contributed by atoms with Crippen molar-refractivity contribution in [2.24, 2.45) is 0 Å². The maximum Gasteiger partial charge on any atom is 0.490 e. The molecule has 1 saturated heterocycles. The molecule has 5 aromatic rings. The van der Waals surface area contributed by atoms with E-state index >= 15 is 0 Å². The monoisotopic (exact) mass is 627 g/mol. The zero-order valence-electron chi connectivity index (χ0n) is 27.1. The number of rotatable bonds is 2. The van der Waals surface area contributed by atoms with Crippen LogP contribution in [0.3, 0.4) is 0 Å². The lowest BCUT2D eigenvalue weighted by molar-refractivity contribution is 0.00578. The fraction of sp³-hybridized carbons (Fsp3) is 0.214. The first-order chi connectivity index (χ1) is 22.7. The summed E-state index contributed by atoms with van der Waals surface area (Å²) in [5.74, 6) is 0. The van der Waals surface area contributed by atoms with Crippen molar-refractivity contribution in [3.8, 4) is 17.2 Å². The van der Waals surface area contributed by atoms with E-state index in [1.54, 1.807) is 0 Å². The molecular formula is C42H34BNO2S. The topological polar surface area (TPSA) is 42.2 Å². The van der Waals surface area contributed by atoms with Gasteiger partial charge in [-0.3, -0.25) is 0 Å². The number of hydrogen-bond donors (Lipinski definition) is 0. The van der Waals surface area contributed by atoms with Crippen molar-refractivity contribution >= 4 is 35.2 Å². The fourth-order valence-corrected chi connectivity index (χ4v) is 9.37. The van der Waals surface area contributed by atoms with Crippen LogP contribution in [0.25, 0.3) is 27.5 Å². The molecule has 0 amide bonds. The van der Waals surface area contributed by atoms with Crippen LogP contribution in [0.5, 0.6) is 0 Å². The van der Waals surface area contributed by atoms with Crippen molar-refractivity contribution in [1.29, 1.82) is 5.26 Å². The smallest absolute Gasteiger partial charge is 0.400 e. The largest absolute Gasteiger partial charge is 0.490 e. The fourth-order valence-electron chi connectivity index (χ4n) is 8.20. The van der Waals surface area contributed by atoms with E-state index in [4.69, 9.17) is 9.31 Å². The van der Waals surface area contributed by atoms with E-state index in [-0.39, 0.29) is 7.12 Å². The van der Waals surface area contributed by atoms with Crippen LogP contribution in [0.1, 0.15) is 68.4 Å². The van der Waals surface area contributed by atoms with Gasteiger partial charge in [-0.1, -0.05) is 96.7 Å². The molecule has 1 unspecified atom stereocenters. The summed E-state index contributed by atoms with van der Waals surface area (Å²) in [5.41, 5.74) is 11.0. The SMILES string of the molecule is CC1(C)OB(C2=CC3=C(CC2)c2ccccc2C32c3ccccc3Sc3ccc(-c4ccc(C#N)c5ccccc45)cc32)OC1(C)C. The maximum atomic E-state index is 9.87. The zero-order chi connectivity index (χ0) is 32.1. The van der Waals surface area contributed by atoms with Crippen molar-refractivity contribution in [1.82, 2.24) is 0 Å². The highest BCUT2D eigenvalue weighted by Gasteiger charge is 2.55. The second-order valence-electron chi connectivity index (χ2n) is 14.1. The predicted octanol–water partition coefficient (Wildman–Crippen LogP) is 10.3. The van der Waals surface area contributed by atoms with Gasteiger partial charge in [-0.25, -0.2) is 0 Å². The van der Waals surface area contributed by atoms with Crippen molar-refractivity contribution in [3.05, 3.63) is 148 Å². The van der Waals surface area contributed by atoms with Crippen LogP contribution in [0.2, 0.25) is 0 Å². The summed E-state index contributed by atoms with van der Waals surface area (Å²) < 4.78 is 13.3. The first-order valence-electron chi connectivity index (χ1n) is 16.5. The van der Waals surface area contributed by atoms with E-state index in [9.17, 15) is 5.26 Å². The second-order valence-corrected chi connectivity index (χ2v) is 15.2. The third-order valence-corrected chi connectivity index (χ3v) is 12.3. The highest BCUT2D eigenvalue weighted by atomic mass is 32.2. The van der Waals surface area contributed by atoms with Crippen LogP contribution < -0.4 is 0 Å². The molecule has 9 rings (SSSR count). The van der Waals surface area contributed by atoms with E-state index in [2.05, 4.69) is 131 Å². The van der Waals surface area contributed by atoms with Crippen LogP contribution in [-0.4, -0.2) is 18.3 Å². The molecule has 4 aliphatic rings. The third-order valence-electron chi connectivity index (χ3n) is 11.2. The van der Waals surface area contributed by atoms with E-state index in [0.717, 1.165) is 34.7 Å². The number of allylic oxidation sites excluding steroid dienone is 4. The summed E-state index contributed by atoms with van der Waals surface area (Å²) in [6.07, 6.45) is 4.27. The van der Waals surface area contributed by atoms with Crippen molar-refractivity contribution < 1.29 is 9.31 Å². The van der Waals surface area contributed by atoms with Crippen molar-refractivity contribution in [2.75, 3.05) is 0 Å². The Morgan fingerprint density at radius 2 is 1.36 bits per heavy atom. The highest BCUT2D eigenvalue weighted by Crippen LogP contribution is 2.63. The Morgan fingerprint density at radius 3 is 2.15 bits per heavy atom. The summed E-state index contributed by atoms with van der Waals surface area (Å²) in [4.78, 5) is 2.56. The van der Waals surface area contributed by atoms with Crippen LogP contribution in [0.4, 0.5) is 0 Å². The minimum absolute atomic E-state index is 0.376. The normalized spacial score (nSPS) is 21.6. The number of nitrogens with zero attached hydrogens (tertiary/aromatic N) is 1. The average Bonchev–Trinajstić information content (AvgIpc) is 3.50. The Bertz CT molecular complexity index is 2260. The molecular weight excluding hydrogens is 593 g/mol. The third kappa shape index (κ3) is 3.96. The van der Waals surface area contributed by atoms with Crippen LogP contribution in [0.15, 0.2) is 130 Å². The lowest BCUT2D eigenvalue weighted by Crippen LogP contribution is -2.41. The first kappa shape index (κ1) is 28.9. The Morgan fingerprint density at radius 1 is 0.681 bits per heavy atom. The van der Waals surface area contributed by atoms with Gasteiger partial charge in [0.15, 0.2) is 0 Å². The molecule has 228 valence electrons. The van der Waals surface area contributed by atoms with E-state index in [1.807, 2.05) is 23.9 Å². The Hall–Kier alpha value is -4.34. The molecule has 0 aromatic heterocycles. The van der Waals surface area contributed by atoms with Gasteiger partial charge in [-0.2, -0.15) is 5.26 Å². The van der Waals surface area contributed by atoms with E-state index in [1.165, 1.54) is 48.7 Å². The molecule has 2 aliphatic carbocycles. The number of benzene rings is 5. The van der Waals surface area contributed by atoms with Crippen LogP contribution in [-0.2, 0) is 14.7 Å². The number of fused-ring (bicyclic) bond motifs is 9. The second kappa shape index (κ2) is 10.1. The minimum Gasteiger partial charge on any atom is -0.400 e. The number of hydrogen-bond acceptors (Lipinski definition) is 4. The minimum atomic E-state index is -0.489. The Balaban J connectivity index is 1.31. The lowest BCUT2D eigenvalue weighted by atomic mass is 9.63. The molecule has 0 N–H and O–H groups in total. The van der Waals surface area contributed by atoms with Gasteiger partial charge in [0.25, 0.3) is 0 Å². The van der Waals surface area contributed by atoms with Gasteiger partial charge < -0.3 is 9.31 Å². The molecule has 2 aliphatic heterocycles. The molecule has 0 bridgehead atoms. The maximum absolute atomic E-state index is 9.87. The van der Waals surface area contributed by atoms with Crippen LogP contribution in [0, 0.1) is 11.3 Å².